The zero-order valence-electron chi connectivity index (χ0n) is 18.2. The quantitative estimate of drug-likeness (QED) is 0.335. The molecule has 170 valence electrons. The Morgan fingerprint density at radius 3 is 2.97 bits per heavy atom. The zero-order chi connectivity index (χ0) is 23.4. The second kappa shape index (κ2) is 9.49. The molecule has 1 amide bonds. The van der Waals surface area contributed by atoms with Gasteiger partial charge in [0.25, 0.3) is 0 Å². The molecule has 0 radical (unpaired) electrons. The van der Waals surface area contributed by atoms with Gasteiger partial charge in [-0.2, -0.15) is 15.1 Å². The first-order valence-corrected chi connectivity index (χ1v) is 10.1. The van der Waals surface area contributed by atoms with Crippen molar-refractivity contribution < 1.29 is 13.9 Å². The molecule has 0 atom stereocenters. The fourth-order valence-corrected chi connectivity index (χ4v) is 3.00. The third kappa shape index (κ3) is 5.15. The number of hydrogen-bond acceptors (Lipinski definition) is 7. The van der Waals surface area contributed by atoms with Crippen LogP contribution in [0.25, 0.3) is 11.0 Å². The molecule has 0 aliphatic heterocycles. The smallest absolute Gasteiger partial charge is 0.247 e. The summed E-state index contributed by atoms with van der Waals surface area (Å²) < 4.78 is 22.5. The molecular formula is C22H23FN8O2. The second-order valence-corrected chi connectivity index (χ2v) is 7.43. The molecule has 0 aliphatic carbocycles. The Bertz CT molecular complexity index is 1300. The van der Waals surface area contributed by atoms with Gasteiger partial charge in [0, 0.05) is 18.9 Å². The summed E-state index contributed by atoms with van der Waals surface area (Å²) >= 11 is 0. The molecule has 3 aromatic heterocycles. The van der Waals surface area contributed by atoms with E-state index in [1.807, 2.05) is 25.0 Å². The molecule has 4 rings (SSSR count). The highest BCUT2D eigenvalue weighted by Crippen LogP contribution is 2.32. The Hall–Kier alpha value is -4.25. The number of nitrogens with zero attached hydrogens (tertiary/aromatic N) is 5. The minimum absolute atomic E-state index is 0.0275. The van der Waals surface area contributed by atoms with E-state index in [4.69, 9.17) is 4.74 Å². The average molecular weight is 450 g/mol. The van der Waals surface area contributed by atoms with E-state index in [0.29, 0.717) is 16.7 Å². The molecule has 0 fully saturated rings. The van der Waals surface area contributed by atoms with Gasteiger partial charge in [-0.15, -0.1) is 0 Å². The van der Waals surface area contributed by atoms with Gasteiger partial charge in [-0.05, 0) is 38.4 Å². The number of anilines is 3. The number of hydrogen-bond donors (Lipinski definition) is 3. The molecule has 0 saturated carbocycles. The molecule has 0 aliphatic rings. The number of aromatic amines is 1. The predicted molar refractivity (Wildman–Crippen MR) is 123 cm³/mol. The van der Waals surface area contributed by atoms with Gasteiger partial charge in [0.1, 0.15) is 5.65 Å². The van der Waals surface area contributed by atoms with Gasteiger partial charge in [-0.25, -0.2) is 4.39 Å². The van der Waals surface area contributed by atoms with Gasteiger partial charge in [-0.1, -0.05) is 12.6 Å². The predicted octanol–water partition coefficient (Wildman–Crippen LogP) is 3.52. The molecule has 33 heavy (non-hydrogen) atoms. The summed E-state index contributed by atoms with van der Waals surface area (Å²) in [6.45, 7) is 4.95. The first kappa shape index (κ1) is 22.0. The summed E-state index contributed by atoms with van der Waals surface area (Å²) in [5.74, 6) is -0.954. The Labute approximate surface area is 189 Å². The molecule has 3 heterocycles. The minimum atomic E-state index is -0.730. The molecule has 11 heteroatoms. The fraction of sp³-hybridized carbons (Fsp3) is 0.182. The normalized spacial score (nSPS) is 11.0. The molecule has 0 spiro atoms. The maximum atomic E-state index is 14.9. The van der Waals surface area contributed by atoms with Crippen molar-refractivity contribution in [2.75, 3.05) is 31.3 Å². The van der Waals surface area contributed by atoms with E-state index in [0.717, 1.165) is 19.2 Å². The molecule has 1 aromatic carbocycles. The van der Waals surface area contributed by atoms with Crippen molar-refractivity contribution in [2.24, 2.45) is 0 Å². The van der Waals surface area contributed by atoms with Crippen LogP contribution >= 0.6 is 0 Å². The van der Waals surface area contributed by atoms with Crippen LogP contribution in [0.3, 0.4) is 0 Å². The highest BCUT2D eigenvalue weighted by molar-refractivity contribution is 5.99. The summed E-state index contributed by atoms with van der Waals surface area (Å²) in [6, 6.07) is 6.17. The van der Waals surface area contributed by atoms with Crippen molar-refractivity contribution in [1.29, 1.82) is 0 Å². The molecule has 10 nitrogen and oxygen atoms in total. The first-order chi connectivity index (χ1) is 15.9. The van der Waals surface area contributed by atoms with Crippen LogP contribution in [0, 0.1) is 5.82 Å². The van der Waals surface area contributed by atoms with Crippen LogP contribution in [-0.4, -0.2) is 56.2 Å². The van der Waals surface area contributed by atoms with Crippen LogP contribution < -0.4 is 15.4 Å². The minimum Gasteiger partial charge on any atom is -0.435 e. The SMILES string of the molecule is C=CC(=O)Nc1cccc(Oc2nc(Nc3cnn(CCN(C)C)c3)nc3[nH]ccc23)c1F. The van der Waals surface area contributed by atoms with Crippen LogP contribution in [0.1, 0.15) is 0 Å². The summed E-state index contributed by atoms with van der Waals surface area (Å²) in [4.78, 5) is 25.5. The standard InChI is InChI=1S/C22H23FN8O2/c1-4-18(32)27-16-6-5-7-17(19(16)23)33-21-15-8-9-24-20(15)28-22(29-21)26-14-12-25-31(13-14)11-10-30(2)3/h4-9,12-13H,1,10-11H2,2-3H3,(H,27,32)(H2,24,26,28,29). The number of H-pyrrole nitrogens is 1. The monoisotopic (exact) mass is 450 g/mol. The van der Waals surface area contributed by atoms with Gasteiger partial charge in [0.05, 0.1) is 29.5 Å². The van der Waals surface area contributed by atoms with Crippen LogP contribution in [-0.2, 0) is 11.3 Å². The average Bonchev–Trinajstić information content (AvgIpc) is 3.44. The van der Waals surface area contributed by atoms with Gasteiger partial charge >= 0.3 is 0 Å². The van der Waals surface area contributed by atoms with E-state index in [2.05, 4.69) is 42.2 Å². The Morgan fingerprint density at radius 1 is 1.33 bits per heavy atom. The number of carbonyl (C=O) groups is 1. The van der Waals surface area contributed by atoms with Crippen molar-refractivity contribution in [2.45, 2.75) is 6.54 Å². The summed E-state index contributed by atoms with van der Waals surface area (Å²) in [5, 5.41) is 10.4. The lowest BCUT2D eigenvalue weighted by Crippen LogP contribution is -2.18. The Kier molecular flexibility index (Phi) is 6.31. The van der Waals surface area contributed by atoms with Gasteiger partial charge in [0.2, 0.25) is 17.7 Å². The van der Waals surface area contributed by atoms with Crippen molar-refractivity contribution in [3.8, 4) is 11.6 Å². The van der Waals surface area contributed by atoms with Crippen LogP contribution in [0.15, 0.2) is 55.5 Å². The van der Waals surface area contributed by atoms with Crippen molar-refractivity contribution in [3.63, 3.8) is 0 Å². The number of nitrogens with one attached hydrogen (secondary N) is 3. The molecule has 3 N–H and O–H groups in total. The number of fused-ring (bicyclic) bond motifs is 1. The molecule has 0 bridgehead atoms. The van der Waals surface area contributed by atoms with E-state index < -0.39 is 11.7 Å². The number of benzene rings is 1. The number of rotatable bonds is 9. The summed E-state index contributed by atoms with van der Waals surface area (Å²) in [6.07, 6.45) is 6.26. The number of amides is 1. The highest BCUT2D eigenvalue weighted by atomic mass is 19.1. The van der Waals surface area contributed by atoms with Crippen molar-refractivity contribution in [3.05, 3.63) is 61.3 Å². The first-order valence-electron chi connectivity index (χ1n) is 10.1. The number of halogens is 1. The largest absolute Gasteiger partial charge is 0.435 e. The van der Waals surface area contributed by atoms with Crippen molar-refractivity contribution in [1.82, 2.24) is 29.6 Å². The third-order valence-corrected chi connectivity index (χ3v) is 4.66. The third-order valence-electron chi connectivity index (χ3n) is 4.66. The van der Waals surface area contributed by atoms with Crippen molar-refractivity contribution >= 4 is 34.3 Å². The number of ether oxygens (including phenoxy) is 1. The zero-order valence-corrected chi connectivity index (χ0v) is 18.2. The maximum absolute atomic E-state index is 14.9. The van der Waals surface area contributed by atoms with E-state index in [1.165, 1.54) is 12.1 Å². The van der Waals surface area contributed by atoms with Gasteiger partial charge < -0.3 is 25.3 Å². The van der Waals surface area contributed by atoms with Crippen LogP contribution in [0.5, 0.6) is 11.6 Å². The number of likely N-dealkylation sites (N-methyl/N-ethyl adjacent to an activating group) is 1. The molecule has 0 saturated heterocycles. The number of aromatic nitrogens is 5. The van der Waals surface area contributed by atoms with Gasteiger partial charge in [0.15, 0.2) is 11.6 Å². The highest BCUT2D eigenvalue weighted by Gasteiger charge is 2.16. The summed E-state index contributed by atoms with van der Waals surface area (Å²) in [7, 11) is 3.99. The lowest BCUT2D eigenvalue weighted by molar-refractivity contribution is -0.111. The van der Waals surface area contributed by atoms with Crippen LogP contribution in [0.4, 0.5) is 21.7 Å². The van der Waals surface area contributed by atoms with Crippen LogP contribution in [0.2, 0.25) is 0 Å². The fourth-order valence-electron chi connectivity index (χ4n) is 3.00. The lowest BCUT2D eigenvalue weighted by atomic mass is 10.2. The Balaban J connectivity index is 1.59. The number of carbonyl (C=O) groups excluding carboxylic acids is 1. The van der Waals surface area contributed by atoms with E-state index in [1.54, 1.807) is 24.5 Å². The Morgan fingerprint density at radius 2 is 2.18 bits per heavy atom. The van der Waals surface area contributed by atoms with E-state index >= 15 is 0 Å². The van der Waals surface area contributed by atoms with E-state index in [9.17, 15) is 9.18 Å². The topological polar surface area (TPSA) is 113 Å². The molecule has 4 aromatic rings. The second-order valence-electron chi connectivity index (χ2n) is 7.43. The maximum Gasteiger partial charge on any atom is 0.247 e. The van der Waals surface area contributed by atoms with Gasteiger partial charge in [-0.3, -0.25) is 9.48 Å². The molecular weight excluding hydrogens is 427 g/mol. The molecule has 0 unspecified atom stereocenters. The summed E-state index contributed by atoms with van der Waals surface area (Å²) in [5.41, 5.74) is 1.19. The van der Waals surface area contributed by atoms with E-state index in [-0.39, 0.29) is 23.3 Å². The lowest BCUT2D eigenvalue weighted by Gasteiger charge is -2.11.